The van der Waals surface area contributed by atoms with E-state index in [9.17, 15) is 4.79 Å². The van der Waals surface area contributed by atoms with Gasteiger partial charge in [-0.3, -0.25) is 9.78 Å². The molecule has 0 radical (unpaired) electrons. The second kappa shape index (κ2) is 6.20. The molecule has 1 heterocycles. The van der Waals surface area contributed by atoms with E-state index in [1.165, 1.54) is 12.4 Å². The number of hydrogen-bond acceptors (Lipinski definition) is 3. The zero-order valence-electron chi connectivity index (χ0n) is 10.1. The summed E-state index contributed by atoms with van der Waals surface area (Å²) >= 11 is 0. The maximum atomic E-state index is 11.7. The minimum Gasteiger partial charge on any atom is -0.348 e. The molecule has 1 rings (SSSR count). The molecule has 0 saturated heterocycles. The molecule has 0 bridgehead atoms. The molecular weight excluding hydrogens is 202 g/mol. The van der Waals surface area contributed by atoms with Crippen molar-refractivity contribution in [3.8, 4) is 0 Å². The molecule has 1 atom stereocenters. The topological polar surface area (TPSA) is 54.9 Å². The Kier molecular flexibility index (Phi) is 4.89. The van der Waals surface area contributed by atoms with E-state index < -0.39 is 0 Å². The van der Waals surface area contributed by atoms with Gasteiger partial charge in [-0.15, -0.1) is 0 Å². The van der Waals surface area contributed by atoms with Crippen LogP contribution in [0.15, 0.2) is 18.6 Å². The summed E-state index contributed by atoms with van der Waals surface area (Å²) in [6.45, 7) is 6.37. The fraction of sp³-hybridized carbons (Fsp3) is 0.583. The standard InChI is InChI=1S/C12H19N3O/c1-9(2)4-5-10(3)15-12(16)11-8-13-6-7-14-11/h6-10H,4-5H2,1-3H3,(H,15,16). The van der Waals surface area contributed by atoms with Gasteiger partial charge in [-0.1, -0.05) is 13.8 Å². The Bertz CT molecular complexity index is 324. The first kappa shape index (κ1) is 12.6. The maximum Gasteiger partial charge on any atom is 0.271 e. The smallest absolute Gasteiger partial charge is 0.271 e. The largest absolute Gasteiger partial charge is 0.348 e. The Morgan fingerprint density at radius 2 is 2.06 bits per heavy atom. The van der Waals surface area contributed by atoms with Crippen LogP contribution in [0, 0.1) is 5.92 Å². The first-order chi connectivity index (χ1) is 7.59. The Labute approximate surface area is 96.5 Å². The van der Waals surface area contributed by atoms with Gasteiger partial charge in [0.15, 0.2) is 0 Å². The minimum absolute atomic E-state index is 0.149. The van der Waals surface area contributed by atoms with Crippen LogP contribution in [0.25, 0.3) is 0 Å². The van der Waals surface area contributed by atoms with Crippen molar-refractivity contribution in [1.82, 2.24) is 15.3 Å². The van der Waals surface area contributed by atoms with Gasteiger partial charge in [-0.05, 0) is 25.7 Å². The number of nitrogens with zero attached hydrogens (tertiary/aromatic N) is 2. The van der Waals surface area contributed by atoms with Crippen molar-refractivity contribution >= 4 is 5.91 Å². The van der Waals surface area contributed by atoms with Gasteiger partial charge in [0.25, 0.3) is 5.91 Å². The zero-order chi connectivity index (χ0) is 12.0. The number of carbonyl (C=O) groups is 1. The lowest BCUT2D eigenvalue weighted by Crippen LogP contribution is -2.33. The Balaban J connectivity index is 2.40. The summed E-state index contributed by atoms with van der Waals surface area (Å²) < 4.78 is 0. The van der Waals surface area contributed by atoms with Crippen molar-refractivity contribution in [2.75, 3.05) is 0 Å². The zero-order valence-corrected chi connectivity index (χ0v) is 10.1. The molecule has 0 aliphatic carbocycles. The number of amides is 1. The molecule has 1 N–H and O–H groups in total. The molecule has 1 aromatic rings. The van der Waals surface area contributed by atoms with Crippen LogP contribution in [-0.2, 0) is 0 Å². The highest BCUT2D eigenvalue weighted by molar-refractivity contribution is 5.92. The van der Waals surface area contributed by atoms with Gasteiger partial charge in [0.1, 0.15) is 5.69 Å². The SMILES string of the molecule is CC(C)CCC(C)NC(=O)c1cnccn1. The molecule has 4 heteroatoms. The van der Waals surface area contributed by atoms with E-state index >= 15 is 0 Å². The molecule has 0 aliphatic rings. The third-order valence-corrected chi connectivity index (χ3v) is 2.35. The molecule has 16 heavy (non-hydrogen) atoms. The van der Waals surface area contributed by atoms with E-state index in [4.69, 9.17) is 0 Å². The Morgan fingerprint density at radius 1 is 1.31 bits per heavy atom. The number of hydrogen-bond donors (Lipinski definition) is 1. The monoisotopic (exact) mass is 221 g/mol. The average molecular weight is 221 g/mol. The molecule has 0 aromatic carbocycles. The molecule has 4 nitrogen and oxygen atoms in total. The van der Waals surface area contributed by atoms with Gasteiger partial charge >= 0.3 is 0 Å². The molecule has 0 aliphatic heterocycles. The van der Waals surface area contributed by atoms with Gasteiger partial charge in [-0.25, -0.2) is 4.98 Å². The van der Waals surface area contributed by atoms with E-state index in [0.717, 1.165) is 12.8 Å². The molecule has 1 amide bonds. The first-order valence-corrected chi connectivity index (χ1v) is 5.66. The van der Waals surface area contributed by atoms with E-state index in [2.05, 4.69) is 29.1 Å². The van der Waals surface area contributed by atoms with Crippen molar-refractivity contribution < 1.29 is 4.79 Å². The van der Waals surface area contributed by atoms with Crippen LogP contribution in [0.2, 0.25) is 0 Å². The lowest BCUT2D eigenvalue weighted by Gasteiger charge is -2.14. The van der Waals surface area contributed by atoms with Crippen LogP contribution in [0.1, 0.15) is 44.1 Å². The highest BCUT2D eigenvalue weighted by Gasteiger charge is 2.10. The number of nitrogens with one attached hydrogen (secondary N) is 1. The van der Waals surface area contributed by atoms with Crippen LogP contribution in [-0.4, -0.2) is 21.9 Å². The molecule has 88 valence electrons. The quantitative estimate of drug-likeness (QED) is 0.827. The Hall–Kier alpha value is -1.45. The van der Waals surface area contributed by atoms with Crippen molar-refractivity contribution in [2.24, 2.45) is 5.92 Å². The molecular formula is C12H19N3O. The third kappa shape index (κ3) is 4.38. The van der Waals surface area contributed by atoms with Gasteiger partial charge in [0, 0.05) is 18.4 Å². The summed E-state index contributed by atoms with van der Waals surface area (Å²) in [6.07, 6.45) is 6.66. The predicted octanol–water partition coefficient (Wildman–Crippen LogP) is 2.03. The highest BCUT2D eigenvalue weighted by Crippen LogP contribution is 2.06. The average Bonchev–Trinajstić information content (AvgIpc) is 2.27. The van der Waals surface area contributed by atoms with Gasteiger partial charge in [0.05, 0.1) is 6.20 Å². The number of rotatable bonds is 5. The second-order valence-electron chi connectivity index (χ2n) is 4.44. The normalized spacial score (nSPS) is 12.5. The molecule has 0 fully saturated rings. The van der Waals surface area contributed by atoms with Crippen molar-refractivity contribution in [1.29, 1.82) is 0 Å². The summed E-state index contributed by atoms with van der Waals surface area (Å²) in [5.41, 5.74) is 0.374. The van der Waals surface area contributed by atoms with E-state index in [1.54, 1.807) is 6.20 Å². The highest BCUT2D eigenvalue weighted by atomic mass is 16.1. The lowest BCUT2D eigenvalue weighted by molar-refractivity contribution is 0.0931. The number of aromatic nitrogens is 2. The maximum absolute atomic E-state index is 11.7. The van der Waals surface area contributed by atoms with Crippen molar-refractivity contribution in [3.05, 3.63) is 24.3 Å². The van der Waals surface area contributed by atoms with Gasteiger partial charge in [-0.2, -0.15) is 0 Å². The van der Waals surface area contributed by atoms with Crippen LogP contribution >= 0.6 is 0 Å². The van der Waals surface area contributed by atoms with Crippen molar-refractivity contribution in [2.45, 2.75) is 39.7 Å². The summed E-state index contributed by atoms with van der Waals surface area (Å²) in [5.74, 6) is 0.514. The van der Waals surface area contributed by atoms with Crippen LogP contribution in [0.3, 0.4) is 0 Å². The molecule has 0 spiro atoms. The summed E-state index contributed by atoms with van der Waals surface area (Å²) in [6, 6.07) is 0.178. The Morgan fingerprint density at radius 3 is 2.62 bits per heavy atom. The summed E-state index contributed by atoms with van der Waals surface area (Å²) in [7, 11) is 0. The first-order valence-electron chi connectivity index (χ1n) is 5.66. The van der Waals surface area contributed by atoms with Crippen LogP contribution < -0.4 is 5.32 Å². The van der Waals surface area contributed by atoms with Crippen LogP contribution in [0.4, 0.5) is 0 Å². The van der Waals surface area contributed by atoms with E-state index in [1.807, 2.05) is 6.92 Å². The molecule has 1 unspecified atom stereocenters. The summed E-state index contributed by atoms with van der Waals surface area (Å²) in [4.78, 5) is 19.5. The van der Waals surface area contributed by atoms with E-state index in [-0.39, 0.29) is 11.9 Å². The van der Waals surface area contributed by atoms with Crippen molar-refractivity contribution in [3.63, 3.8) is 0 Å². The molecule has 0 saturated carbocycles. The minimum atomic E-state index is -0.149. The number of carbonyl (C=O) groups excluding carboxylic acids is 1. The third-order valence-electron chi connectivity index (χ3n) is 2.35. The second-order valence-corrected chi connectivity index (χ2v) is 4.44. The van der Waals surface area contributed by atoms with E-state index in [0.29, 0.717) is 11.6 Å². The fourth-order valence-electron chi connectivity index (χ4n) is 1.37. The predicted molar refractivity (Wildman–Crippen MR) is 63.0 cm³/mol. The lowest BCUT2D eigenvalue weighted by atomic mass is 10.0. The summed E-state index contributed by atoms with van der Waals surface area (Å²) in [5, 5.41) is 2.91. The van der Waals surface area contributed by atoms with Crippen LogP contribution in [0.5, 0.6) is 0 Å². The fourth-order valence-corrected chi connectivity index (χ4v) is 1.37. The van der Waals surface area contributed by atoms with Gasteiger partial charge < -0.3 is 5.32 Å². The molecule has 1 aromatic heterocycles. The van der Waals surface area contributed by atoms with Gasteiger partial charge in [0.2, 0.25) is 0 Å².